The molecule has 1 aromatic rings. The van der Waals surface area contributed by atoms with Crippen molar-refractivity contribution in [2.75, 3.05) is 0 Å². The van der Waals surface area contributed by atoms with Crippen molar-refractivity contribution in [1.29, 1.82) is 0 Å². The number of allylic oxidation sites excluding steroid dienone is 1. The Bertz CT molecular complexity index is 355. The zero-order valence-corrected chi connectivity index (χ0v) is 7.22. The fourth-order valence-electron chi connectivity index (χ4n) is 1.69. The van der Waals surface area contributed by atoms with Crippen LogP contribution in [0.25, 0.3) is 6.08 Å². The van der Waals surface area contributed by atoms with Crippen LogP contribution in [0.4, 0.5) is 0 Å². The van der Waals surface area contributed by atoms with Crippen molar-refractivity contribution >= 4 is 12.3 Å². The van der Waals surface area contributed by atoms with Crippen LogP contribution in [0.15, 0.2) is 35.5 Å². The predicted octanol–water partition coefficient (Wildman–Crippen LogP) is 2.65. The number of nitrogens with zero attached hydrogens (tertiary/aromatic N) is 1. The summed E-state index contributed by atoms with van der Waals surface area (Å²) < 4.78 is 0. The lowest BCUT2D eigenvalue weighted by atomic mass is 9.98. The first-order chi connectivity index (χ1) is 6.42. The van der Waals surface area contributed by atoms with Gasteiger partial charge in [0.1, 0.15) is 0 Å². The van der Waals surface area contributed by atoms with Gasteiger partial charge in [0.2, 0.25) is 0 Å². The number of benzene rings is 1. The molecule has 0 spiro atoms. The topological polar surface area (TPSA) is 32.6 Å². The Morgan fingerprint density at radius 2 is 2.23 bits per heavy atom. The molecule has 0 aromatic heterocycles. The van der Waals surface area contributed by atoms with Gasteiger partial charge in [-0.1, -0.05) is 36.4 Å². The SMILES string of the molecule is ON=CCC1C=Cc2ccccc21. The standard InChI is InChI=1S/C11H11NO/c13-12-8-7-10-6-5-9-3-1-2-4-11(9)10/h1-6,8,10,13H,7H2. The number of oxime groups is 1. The highest BCUT2D eigenvalue weighted by Gasteiger charge is 2.14. The maximum atomic E-state index is 8.32. The molecular formula is C11H11NO. The van der Waals surface area contributed by atoms with Gasteiger partial charge in [0, 0.05) is 12.1 Å². The Kier molecular flexibility index (Phi) is 2.13. The van der Waals surface area contributed by atoms with Gasteiger partial charge in [-0.15, -0.1) is 5.16 Å². The minimum atomic E-state index is 0.382. The Morgan fingerprint density at radius 3 is 3.08 bits per heavy atom. The van der Waals surface area contributed by atoms with E-state index in [1.165, 1.54) is 17.3 Å². The summed E-state index contributed by atoms with van der Waals surface area (Å²) >= 11 is 0. The molecule has 13 heavy (non-hydrogen) atoms. The van der Waals surface area contributed by atoms with Gasteiger partial charge in [-0.05, 0) is 17.5 Å². The molecule has 0 amide bonds. The summed E-state index contributed by atoms with van der Waals surface area (Å²) in [5, 5.41) is 11.3. The number of fused-ring (bicyclic) bond motifs is 1. The van der Waals surface area contributed by atoms with E-state index in [1.54, 1.807) is 0 Å². The lowest BCUT2D eigenvalue weighted by Crippen LogP contribution is -1.93. The Morgan fingerprint density at radius 1 is 1.38 bits per heavy atom. The Hall–Kier alpha value is -1.57. The van der Waals surface area contributed by atoms with E-state index < -0.39 is 0 Å². The van der Waals surface area contributed by atoms with Gasteiger partial charge in [0.25, 0.3) is 0 Å². The highest BCUT2D eigenvalue weighted by molar-refractivity contribution is 5.67. The van der Waals surface area contributed by atoms with Gasteiger partial charge in [-0.2, -0.15) is 0 Å². The lowest BCUT2D eigenvalue weighted by Gasteiger charge is -2.06. The molecule has 0 radical (unpaired) electrons. The molecule has 0 bridgehead atoms. The molecule has 1 aliphatic carbocycles. The van der Waals surface area contributed by atoms with E-state index in [0.29, 0.717) is 5.92 Å². The van der Waals surface area contributed by atoms with Crippen LogP contribution in [0.1, 0.15) is 23.5 Å². The van der Waals surface area contributed by atoms with E-state index in [0.717, 1.165) is 6.42 Å². The molecule has 0 saturated carbocycles. The fourth-order valence-corrected chi connectivity index (χ4v) is 1.69. The van der Waals surface area contributed by atoms with Gasteiger partial charge in [-0.3, -0.25) is 0 Å². The molecule has 1 unspecified atom stereocenters. The summed E-state index contributed by atoms with van der Waals surface area (Å²) in [4.78, 5) is 0. The van der Waals surface area contributed by atoms with Crippen LogP contribution in [0.5, 0.6) is 0 Å². The average Bonchev–Trinajstić information content (AvgIpc) is 2.58. The van der Waals surface area contributed by atoms with Gasteiger partial charge in [-0.25, -0.2) is 0 Å². The molecule has 1 atom stereocenters. The Balaban J connectivity index is 2.23. The van der Waals surface area contributed by atoms with Crippen molar-refractivity contribution in [3.63, 3.8) is 0 Å². The second-order valence-electron chi connectivity index (χ2n) is 3.13. The van der Waals surface area contributed by atoms with Crippen molar-refractivity contribution in [2.45, 2.75) is 12.3 Å². The molecular weight excluding hydrogens is 162 g/mol. The van der Waals surface area contributed by atoms with Gasteiger partial charge in [0.05, 0.1) is 0 Å². The number of hydrogen-bond donors (Lipinski definition) is 1. The van der Waals surface area contributed by atoms with Crippen LogP contribution in [0.3, 0.4) is 0 Å². The minimum absolute atomic E-state index is 0.382. The zero-order chi connectivity index (χ0) is 9.10. The smallest absolute Gasteiger partial charge is 0.0445 e. The molecule has 0 saturated heterocycles. The molecule has 66 valence electrons. The summed E-state index contributed by atoms with van der Waals surface area (Å²) in [5.74, 6) is 0.382. The van der Waals surface area contributed by atoms with Crippen LogP contribution in [0, 0.1) is 0 Å². The molecule has 0 fully saturated rings. The summed E-state index contributed by atoms with van der Waals surface area (Å²) in [7, 11) is 0. The van der Waals surface area contributed by atoms with E-state index in [4.69, 9.17) is 5.21 Å². The van der Waals surface area contributed by atoms with Gasteiger partial charge < -0.3 is 5.21 Å². The molecule has 1 aliphatic rings. The second-order valence-corrected chi connectivity index (χ2v) is 3.13. The third-order valence-corrected chi connectivity index (χ3v) is 2.34. The van der Waals surface area contributed by atoms with Gasteiger partial charge in [0.15, 0.2) is 0 Å². The zero-order valence-electron chi connectivity index (χ0n) is 7.22. The minimum Gasteiger partial charge on any atom is -0.411 e. The highest BCUT2D eigenvalue weighted by atomic mass is 16.4. The molecule has 0 heterocycles. The molecule has 2 heteroatoms. The molecule has 2 rings (SSSR count). The first kappa shape index (κ1) is 8.05. The van der Waals surface area contributed by atoms with Crippen LogP contribution < -0.4 is 0 Å². The molecule has 0 aliphatic heterocycles. The summed E-state index contributed by atoms with van der Waals surface area (Å²) in [5.41, 5.74) is 2.60. The van der Waals surface area contributed by atoms with Gasteiger partial charge >= 0.3 is 0 Å². The maximum absolute atomic E-state index is 8.32. The summed E-state index contributed by atoms with van der Waals surface area (Å²) in [6, 6.07) is 8.29. The summed E-state index contributed by atoms with van der Waals surface area (Å²) in [6.07, 6.45) is 6.57. The predicted molar refractivity (Wildman–Crippen MR) is 53.1 cm³/mol. The van der Waals surface area contributed by atoms with E-state index in [1.807, 2.05) is 12.1 Å². The van der Waals surface area contributed by atoms with E-state index >= 15 is 0 Å². The van der Waals surface area contributed by atoms with Crippen LogP contribution in [0.2, 0.25) is 0 Å². The average molecular weight is 173 g/mol. The normalized spacial score (nSPS) is 19.5. The van der Waals surface area contributed by atoms with Crippen LogP contribution >= 0.6 is 0 Å². The summed E-state index contributed by atoms with van der Waals surface area (Å²) in [6.45, 7) is 0. The highest BCUT2D eigenvalue weighted by Crippen LogP contribution is 2.31. The maximum Gasteiger partial charge on any atom is 0.0445 e. The van der Waals surface area contributed by atoms with Crippen molar-refractivity contribution in [3.05, 3.63) is 41.5 Å². The first-order valence-electron chi connectivity index (χ1n) is 4.35. The van der Waals surface area contributed by atoms with E-state index in [-0.39, 0.29) is 0 Å². The lowest BCUT2D eigenvalue weighted by molar-refractivity contribution is 0.320. The fraction of sp³-hybridized carbons (Fsp3) is 0.182. The monoisotopic (exact) mass is 173 g/mol. The van der Waals surface area contributed by atoms with E-state index in [2.05, 4.69) is 29.4 Å². The van der Waals surface area contributed by atoms with E-state index in [9.17, 15) is 0 Å². The third-order valence-electron chi connectivity index (χ3n) is 2.34. The molecule has 1 aromatic carbocycles. The van der Waals surface area contributed by atoms with Crippen molar-refractivity contribution in [2.24, 2.45) is 5.16 Å². The number of hydrogen-bond acceptors (Lipinski definition) is 2. The van der Waals surface area contributed by atoms with Crippen LogP contribution in [-0.4, -0.2) is 11.4 Å². The van der Waals surface area contributed by atoms with Crippen molar-refractivity contribution in [1.82, 2.24) is 0 Å². The largest absolute Gasteiger partial charge is 0.411 e. The van der Waals surface area contributed by atoms with Crippen LogP contribution in [-0.2, 0) is 0 Å². The molecule has 2 nitrogen and oxygen atoms in total. The number of rotatable bonds is 2. The second kappa shape index (κ2) is 3.44. The molecule has 1 N–H and O–H groups in total. The van der Waals surface area contributed by atoms with Crippen molar-refractivity contribution < 1.29 is 5.21 Å². The first-order valence-corrected chi connectivity index (χ1v) is 4.35. The quantitative estimate of drug-likeness (QED) is 0.416. The Labute approximate surface area is 77.2 Å². The van der Waals surface area contributed by atoms with Crippen molar-refractivity contribution in [3.8, 4) is 0 Å². The third kappa shape index (κ3) is 1.47.